The predicted molar refractivity (Wildman–Crippen MR) is 91.6 cm³/mol. The van der Waals surface area contributed by atoms with Gasteiger partial charge in [-0.2, -0.15) is 5.10 Å². The van der Waals surface area contributed by atoms with Crippen molar-refractivity contribution >= 4 is 16.8 Å². The third-order valence-electron chi connectivity index (χ3n) is 3.74. The molecule has 0 aliphatic heterocycles. The maximum absolute atomic E-state index is 12.0. The van der Waals surface area contributed by atoms with Gasteiger partial charge >= 0.3 is 0 Å². The lowest BCUT2D eigenvalue weighted by Gasteiger charge is -2.09. The zero-order valence-corrected chi connectivity index (χ0v) is 13.2. The predicted octanol–water partition coefficient (Wildman–Crippen LogP) is 1.54. The van der Waals surface area contributed by atoms with Crippen LogP contribution in [-0.4, -0.2) is 27.2 Å². The molecule has 1 N–H and O–H groups in total. The molecule has 0 bridgehead atoms. The van der Waals surface area contributed by atoms with Crippen LogP contribution in [0.1, 0.15) is 12.1 Å². The van der Waals surface area contributed by atoms with E-state index in [1.807, 2.05) is 36.4 Å². The number of rotatable bonds is 6. The Hall–Kier alpha value is -3.02. The molecule has 0 fully saturated rings. The molecular formula is C18H18N4O2. The lowest BCUT2D eigenvalue weighted by molar-refractivity contribution is -0.121. The summed E-state index contributed by atoms with van der Waals surface area (Å²) in [5.41, 5.74) is 1.58. The number of nitrogens with zero attached hydrogens (tertiary/aromatic N) is 3. The van der Waals surface area contributed by atoms with E-state index in [1.165, 1.54) is 6.20 Å². The molecule has 0 saturated heterocycles. The normalized spacial score (nSPS) is 10.7. The minimum absolute atomic E-state index is 0.0458. The molecule has 2 heterocycles. The van der Waals surface area contributed by atoms with Gasteiger partial charge in [-0.05, 0) is 24.3 Å². The molecule has 1 aromatic carbocycles. The molecule has 0 radical (unpaired) electrons. The number of fused-ring (bicyclic) bond motifs is 1. The van der Waals surface area contributed by atoms with Crippen molar-refractivity contribution < 1.29 is 4.79 Å². The number of aryl methyl sites for hydroxylation is 1. The number of amides is 1. The smallest absolute Gasteiger partial charge is 0.221 e. The van der Waals surface area contributed by atoms with Gasteiger partial charge in [0.25, 0.3) is 0 Å². The van der Waals surface area contributed by atoms with Crippen LogP contribution in [0.3, 0.4) is 0 Å². The second kappa shape index (κ2) is 7.50. The van der Waals surface area contributed by atoms with E-state index in [1.54, 1.807) is 16.9 Å². The summed E-state index contributed by atoms with van der Waals surface area (Å²) in [6.07, 6.45) is 4.04. The van der Waals surface area contributed by atoms with E-state index in [-0.39, 0.29) is 11.3 Å². The van der Waals surface area contributed by atoms with Crippen molar-refractivity contribution in [1.82, 2.24) is 20.1 Å². The molecule has 1 amide bonds. The van der Waals surface area contributed by atoms with E-state index >= 15 is 0 Å². The number of nitrogens with one attached hydrogen (secondary N) is 1. The monoisotopic (exact) mass is 322 g/mol. The van der Waals surface area contributed by atoms with Crippen LogP contribution in [0.4, 0.5) is 0 Å². The van der Waals surface area contributed by atoms with E-state index in [4.69, 9.17) is 0 Å². The molecule has 0 unspecified atom stereocenters. The first-order valence-corrected chi connectivity index (χ1v) is 7.85. The molecule has 24 heavy (non-hydrogen) atoms. The summed E-state index contributed by atoms with van der Waals surface area (Å²) in [4.78, 5) is 28.0. The van der Waals surface area contributed by atoms with Gasteiger partial charge in [-0.15, -0.1) is 0 Å². The Morgan fingerprint density at radius 3 is 2.79 bits per heavy atom. The maximum Gasteiger partial charge on any atom is 0.221 e. The SMILES string of the molecule is O=C(CCn1ncc(=O)c2ccccc21)NCCc1ccccn1. The number of pyridine rings is 1. The minimum atomic E-state index is -0.110. The number of carbonyl (C=O) groups is 1. The van der Waals surface area contributed by atoms with Gasteiger partial charge in [0.15, 0.2) is 0 Å². The molecular weight excluding hydrogens is 304 g/mol. The van der Waals surface area contributed by atoms with Gasteiger partial charge in [-0.25, -0.2) is 0 Å². The van der Waals surface area contributed by atoms with Crippen LogP contribution in [0.2, 0.25) is 0 Å². The zero-order valence-electron chi connectivity index (χ0n) is 13.2. The Balaban J connectivity index is 1.55. The molecule has 0 spiro atoms. The van der Waals surface area contributed by atoms with Crippen LogP contribution in [0.25, 0.3) is 10.9 Å². The summed E-state index contributed by atoms with van der Waals surface area (Å²) in [5.74, 6) is -0.0458. The van der Waals surface area contributed by atoms with Crippen molar-refractivity contribution in [3.63, 3.8) is 0 Å². The van der Waals surface area contributed by atoms with Crippen molar-refractivity contribution in [2.24, 2.45) is 0 Å². The van der Waals surface area contributed by atoms with Gasteiger partial charge in [-0.1, -0.05) is 18.2 Å². The van der Waals surface area contributed by atoms with Crippen LogP contribution in [0.5, 0.6) is 0 Å². The standard InChI is InChI=1S/C18H18N4O2/c23-17-13-21-22(16-7-2-1-6-15(16)17)12-9-18(24)20-11-8-14-5-3-4-10-19-14/h1-7,10,13H,8-9,11-12H2,(H,20,24). The highest BCUT2D eigenvalue weighted by molar-refractivity contribution is 5.79. The van der Waals surface area contributed by atoms with Crippen LogP contribution >= 0.6 is 0 Å². The van der Waals surface area contributed by atoms with Crippen LogP contribution < -0.4 is 10.7 Å². The van der Waals surface area contributed by atoms with Gasteiger partial charge in [-0.3, -0.25) is 19.3 Å². The largest absolute Gasteiger partial charge is 0.356 e. The Kier molecular flexibility index (Phi) is 4.96. The van der Waals surface area contributed by atoms with Gasteiger partial charge in [0.05, 0.1) is 18.3 Å². The first-order chi connectivity index (χ1) is 11.7. The Morgan fingerprint density at radius 2 is 1.96 bits per heavy atom. The number of hydrogen-bond donors (Lipinski definition) is 1. The van der Waals surface area contributed by atoms with Crippen LogP contribution in [-0.2, 0) is 17.8 Å². The molecule has 122 valence electrons. The zero-order chi connectivity index (χ0) is 16.8. The Bertz CT molecular complexity index is 890. The van der Waals surface area contributed by atoms with Crippen molar-refractivity contribution in [2.45, 2.75) is 19.4 Å². The summed E-state index contributed by atoms with van der Waals surface area (Å²) in [7, 11) is 0. The van der Waals surface area contributed by atoms with E-state index < -0.39 is 0 Å². The highest BCUT2D eigenvalue weighted by atomic mass is 16.1. The van der Waals surface area contributed by atoms with Crippen molar-refractivity contribution in [3.05, 3.63) is 70.8 Å². The number of aromatic nitrogens is 3. The highest BCUT2D eigenvalue weighted by Crippen LogP contribution is 2.08. The average Bonchev–Trinajstić information content (AvgIpc) is 2.62. The van der Waals surface area contributed by atoms with Crippen molar-refractivity contribution in [1.29, 1.82) is 0 Å². The molecule has 6 heteroatoms. The van der Waals surface area contributed by atoms with E-state index in [0.717, 1.165) is 11.2 Å². The van der Waals surface area contributed by atoms with Gasteiger partial charge in [0, 0.05) is 36.7 Å². The Morgan fingerprint density at radius 1 is 1.12 bits per heavy atom. The van der Waals surface area contributed by atoms with E-state index in [0.29, 0.717) is 31.3 Å². The second-order valence-corrected chi connectivity index (χ2v) is 5.42. The summed E-state index contributed by atoms with van der Waals surface area (Å²) < 4.78 is 1.69. The summed E-state index contributed by atoms with van der Waals surface area (Å²) in [6.45, 7) is 0.977. The fourth-order valence-corrected chi connectivity index (χ4v) is 2.51. The molecule has 2 aromatic heterocycles. The lowest BCUT2D eigenvalue weighted by Crippen LogP contribution is -2.27. The number of benzene rings is 1. The summed E-state index contributed by atoms with van der Waals surface area (Å²) >= 11 is 0. The molecule has 0 aliphatic carbocycles. The molecule has 0 saturated carbocycles. The Labute approximate surface area is 139 Å². The molecule has 3 aromatic rings. The molecule has 0 aliphatic rings. The number of carbonyl (C=O) groups excluding carboxylic acids is 1. The highest BCUT2D eigenvalue weighted by Gasteiger charge is 2.06. The number of para-hydroxylation sites is 1. The van der Waals surface area contributed by atoms with Crippen molar-refractivity contribution in [3.8, 4) is 0 Å². The lowest BCUT2D eigenvalue weighted by atomic mass is 10.2. The summed E-state index contributed by atoms with van der Waals surface area (Å²) in [5, 5.41) is 7.61. The third-order valence-corrected chi connectivity index (χ3v) is 3.74. The molecule has 0 atom stereocenters. The van der Waals surface area contributed by atoms with Gasteiger partial charge < -0.3 is 5.32 Å². The second-order valence-electron chi connectivity index (χ2n) is 5.42. The first-order valence-electron chi connectivity index (χ1n) is 7.85. The molecule has 3 rings (SSSR count). The van der Waals surface area contributed by atoms with Crippen LogP contribution in [0, 0.1) is 0 Å². The minimum Gasteiger partial charge on any atom is -0.356 e. The van der Waals surface area contributed by atoms with Gasteiger partial charge in [0.1, 0.15) is 0 Å². The fourth-order valence-electron chi connectivity index (χ4n) is 2.51. The van der Waals surface area contributed by atoms with Gasteiger partial charge in [0.2, 0.25) is 11.3 Å². The number of hydrogen-bond acceptors (Lipinski definition) is 4. The van der Waals surface area contributed by atoms with E-state index in [9.17, 15) is 9.59 Å². The third kappa shape index (κ3) is 3.84. The van der Waals surface area contributed by atoms with Crippen LogP contribution in [0.15, 0.2) is 59.7 Å². The van der Waals surface area contributed by atoms with Crippen molar-refractivity contribution in [2.75, 3.05) is 6.54 Å². The quantitative estimate of drug-likeness (QED) is 0.747. The first kappa shape index (κ1) is 15.9. The summed E-state index contributed by atoms with van der Waals surface area (Å²) in [6, 6.07) is 13.0. The molecule has 6 nitrogen and oxygen atoms in total. The average molecular weight is 322 g/mol. The maximum atomic E-state index is 12.0. The van der Waals surface area contributed by atoms with E-state index in [2.05, 4.69) is 15.4 Å². The topological polar surface area (TPSA) is 76.9 Å². The fraction of sp³-hybridized carbons (Fsp3) is 0.222.